The molecule has 0 amide bonds. The zero-order valence-electron chi connectivity index (χ0n) is 11.7. The molecule has 4 nitrogen and oxygen atoms in total. The first-order valence-electron chi connectivity index (χ1n) is 6.71. The maximum absolute atomic E-state index is 6.10. The second-order valence-corrected chi connectivity index (χ2v) is 4.91. The van der Waals surface area contributed by atoms with Gasteiger partial charge in [0.15, 0.2) is 0 Å². The van der Waals surface area contributed by atoms with Crippen molar-refractivity contribution in [3.8, 4) is 11.6 Å². The van der Waals surface area contributed by atoms with Gasteiger partial charge in [-0.1, -0.05) is 31.9 Å². The summed E-state index contributed by atoms with van der Waals surface area (Å²) in [7, 11) is 0. The summed E-state index contributed by atoms with van der Waals surface area (Å²) in [6.07, 6.45) is 4.01. The van der Waals surface area contributed by atoms with Crippen molar-refractivity contribution in [2.45, 2.75) is 33.1 Å². The van der Waals surface area contributed by atoms with Gasteiger partial charge >= 0.3 is 0 Å². The Kier molecular flexibility index (Phi) is 4.79. The molecule has 0 saturated heterocycles. The fourth-order valence-corrected chi connectivity index (χ4v) is 2.23. The van der Waals surface area contributed by atoms with Crippen LogP contribution in [0.5, 0.6) is 11.6 Å². The van der Waals surface area contributed by atoms with E-state index >= 15 is 0 Å². The van der Waals surface area contributed by atoms with Gasteiger partial charge in [-0.3, -0.25) is 0 Å². The van der Waals surface area contributed by atoms with Gasteiger partial charge in [0.05, 0.1) is 5.56 Å². The Morgan fingerprint density at radius 2 is 2.05 bits per heavy atom. The summed E-state index contributed by atoms with van der Waals surface area (Å²) >= 11 is 6.10. The first kappa shape index (κ1) is 14.6. The largest absolute Gasteiger partial charge is 0.439 e. The Morgan fingerprint density at radius 3 is 2.75 bits per heavy atom. The van der Waals surface area contributed by atoms with E-state index in [1.165, 1.54) is 6.33 Å². The third-order valence-corrected chi connectivity index (χ3v) is 3.42. The first-order chi connectivity index (χ1) is 9.65. The summed E-state index contributed by atoms with van der Waals surface area (Å²) in [5.41, 5.74) is 7.78. The number of ether oxygens (including phenoxy) is 1. The Morgan fingerprint density at radius 1 is 1.25 bits per heavy atom. The van der Waals surface area contributed by atoms with E-state index in [4.69, 9.17) is 22.1 Å². The van der Waals surface area contributed by atoms with Crippen molar-refractivity contribution < 1.29 is 4.74 Å². The lowest BCUT2D eigenvalue weighted by Crippen LogP contribution is -2.02. The van der Waals surface area contributed by atoms with E-state index in [2.05, 4.69) is 23.8 Å². The lowest BCUT2D eigenvalue weighted by Gasteiger charge is -2.12. The van der Waals surface area contributed by atoms with Crippen molar-refractivity contribution in [2.75, 3.05) is 5.73 Å². The van der Waals surface area contributed by atoms with Crippen LogP contribution in [-0.4, -0.2) is 9.97 Å². The molecule has 5 heteroatoms. The van der Waals surface area contributed by atoms with Gasteiger partial charge in [-0.15, -0.1) is 0 Å². The quantitative estimate of drug-likeness (QED) is 0.904. The standard InChI is InChI=1S/C15H18ClN3O/c1-3-5-12-14(17)18-9-19-15(12)20-11-6-7-13(16)10(4-2)8-11/h6-9H,3-5H2,1-2H3,(H2,17,18,19). The predicted octanol–water partition coefficient (Wildman–Crippen LogP) is 4.02. The molecule has 0 bridgehead atoms. The zero-order valence-corrected chi connectivity index (χ0v) is 12.4. The van der Waals surface area contributed by atoms with E-state index < -0.39 is 0 Å². The molecule has 1 aromatic carbocycles. The molecule has 0 aliphatic heterocycles. The fraction of sp³-hybridized carbons (Fsp3) is 0.333. The van der Waals surface area contributed by atoms with E-state index in [1.54, 1.807) is 0 Å². The minimum atomic E-state index is 0.474. The van der Waals surface area contributed by atoms with Crippen LogP contribution in [0.15, 0.2) is 24.5 Å². The molecule has 0 saturated carbocycles. The topological polar surface area (TPSA) is 61.0 Å². The summed E-state index contributed by atoms with van der Waals surface area (Å²) < 4.78 is 5.85. The van der Waals surface area contributed by atoms with Crippen molar-refractivity contribution >= 4 is 17.4 Å². The number of rotatable bonds is 5. The molecule has 2 N–H and O–H groups in total. The Labute approximate surface area is 124 Å². The lowest BCUT2D eigenvalue weighted by molar-refractivity contribution is 0.454. The van der Waals surface area contributed by atoms with Gasteiger partial charge in [-0.05, 0) is 36.6 Å². The first-order valence-corrected chi connectivity index (χ1v) is 7.09. The molecule has 2 rings (SSSR count). The molecule has 106 valence electrons. The number of nitrogens with two attached hydrogens (primary N) is 1. The zero-order chi connectivity index (χ0) is 14.5. The molecule has 0 unspecified atom stereocenters. The summed E-state index contributed by atoms with van der Waals surface area (Å²) in [5, 5.41) is 0.746. The van der Waals surface area contributed by atoms with Crippen LogP contribution in [-0.2, 0) is 12.8 Å². The summed E-state index contributed by atoms with van der Waals surface area (Å²) in [6, 6.07) is 5.59. The van der Waals surface area contributed by atoms with Crippen molar-refractivity contribution in [3.63, 3.8) is 0 Å². The van der Waals surface area contributed by atoms with Crippen molar-refractivity contribution in [2.24, 2.45) is 0 Å². The van der Waals surface area contributed by atoms with Crippen LogP contribution in [0.2, 0.25) is 5.02 Å². The van der Waals surface area contributed by atoms with Crippen LogP contribution in [0.25, 0.3) is 0 Å². The van der Waals surface area contributed by atoms with Gasteiger partial charge in [0.2, 0.25) is 5.88 Å². The van der Waals surface area contributed by atoms with Crippen LogP contribution in [0.3, 0.4) is 0 Å². The molecule has 2 aromatic rings. The fourth-order valence-electron chi connectivity index (χ4n) is 1.98. The number of aromatic nitrogens is 2. The number of hydrogen-bond acceptors (Lipinski definition) is 4. The number of nitrogen functional groups attached to an aromatic ring is 1. The van der Waals surface area contributed by atoms with Crippen LogP contribution in [0.1, 0.15) is 31.4 Å². The average molecular weight is 292 g/mol. The Bertz CT molecular complexity index is 602. The van der Waals surface area contributed by atoms with Gasteiger partial charge in [-0.2, -0.15) is 0 Å². The molecular formula is C15H18ClN3O. The normalized spacial score (nSPS) is 10.6. The van der Waals surface area contributed by atoms with Gasteiger partial charge < -0.3 is 10.5 Å². The summed E-state index contributed by atoms with van der Waals surface area (Å²) in [5.74, 6) is 1.70. The number of halogens is 1. The van der Waals surface area contributed by atoms with Crippen molar-refractivity contribution in [1.82, 2.24) is 9.97 Å². The van der Waals surface area contributed by atoms with Crippen LogP contribution in [0.4, 0.5) is 5.82 Å². The minimum absolute atomic E-state index is 0.474. The number of hydrogen-bond donors (Lipinski definition) is 1. The second kappa shape index (κ2) is 6.57. The highest BCUT2D eigenvalue weighted by atomic mass is 35.5. The monoisotopic (exact) mass is 291 g/mol. The molecule has 0 aliphatic carbocycles. The third-order valence-electron chi connectivity index (χ3n) is 3.05. The van der Waals surface area contributed by atoms with Gasteiger partial charge in [0.1, 0.15) is 17.9 Å². The third kappa shape index (κ3) is 3.20. The minimum Gasteiger partial charge on any atom is -0.439 e. The highest BCUT2D eigenvalue weighted by Gasteiger charge is 2.11. The summed E-state index contributed by atoms with van der Waals surface area (Å²) in [6.45, 7) is 4.13. The molecule has 1 heterocycles. The molecule has 0 fully saturated rings. The average Bonchev–Trinajstić information content (AvgIpc) is 2.44. The SMILES string of the molecule is CCCc1c(N)ncnc1Oc1ccc(Cl)c(CC)c1. The van der Waals surface area contributed by atoms with Crippen molar-refractivity contribution in [1.29, 1.82) is 0 Å². The number of anilines is 1. The highest BCUT2D eigenvalue weighted by molar-refractivity contribution is 6.31. The summed E-state index contributed by atoms with van der Waals surface area (Å²) in [4.78, 5) is 8.20. The van der Waals surface area contributed by atoms with Crippen LogP contribution >= 0.6 is 11.6 Å². The van der Waals surface area contributed by atoms with Crippen molar-refractivity contribution in [3.05, 3.63) is 40.7 Å². The van der Waals surface area contributed by atoms with Crippen LogP contribution < -0.4 is 10.5 Å². The maximum atomic E-state index is 6.10. The van der Waals surface area contributed by atoms with Gasteiger partial charge in [-0.25, -0.2) is 9.97 Å². The van der Waals surface area contributed by atoms with E-state index in [1.807, 2.05) is 18.2 Å². The maximum Gasteiger partial charge on any atom is 0.227 e. The van der Waals surface area contributed by atoms with E-state index in [-0.39, 0.29) is 0 Å². The number of nitrogens with zero attached hydrogens (tertiary/aromatic N) is 2. The molecular weight excluding hydrogens is 274 g/mol. The lowest BCUT2D eigenvalue weighted by atomic mass is 10.1. The Hall–Kier alpha value is -1.81. The smallest absolute Gasteiger partial charge is 0.227 e. The molecule has 20 heavy (non-hydrogen) atoms. The van der Waals surface area contributed by atoms with Gasteiger partial charge in [0.25, 0.3) is 0 Å². The Balaban J connectivity index is 2.32. The van der Waals surface area contributed by atoms with E-state index in [0.29, 0.717) is 17.4 Å². The second-order valence-electron chi connectivity index (χ2n) is 4.50. The number of benzene rings is 1. The molecule has 0 radical (unpaired) electrons. The van der Waals surface area contributed by atoms with E-state index in [9.17, 15) is 0 Å². The van der Waals surface area contributed by atoms with Gasteiger partial charge in [0, 0.05) is 5.02 Å². The molecule has 0 aliphatic rings. The number of aryl methyl sites for hydroxylation is 1. The molecule has 1 aromatic heterocycles. The van der Waals surface area contributed by atoms with E-state index in [0.717, 1.165) is 35.4 Å². The molecule has 0 spiro atoms. The van der Waals surface area contributed by atoms with Crippen LogP contribution in [0, 0.1) is 0 Å². The highest BCUT2D eigenvalue weighted by Crippen LogP contribution is 2.29. The predicted molar refractivity (Wildman–Crippen MR) is 81.3 cm³/mol. The molecule has 0 atom stereocenters.